The molecule has 130 valence electrons. The third kappa shape index (κ3) is 20.1. The van der Waals surface area contributed by atoms with Crippen molar-refractivity contribution in [2.24, 2.45) is 0 Å². The molecule has 23 heavy (non-hydrogen) atoms. The summed E-state index contributed by atoms with van der Waals surface area (Å²) in [5, 5.41) is 41.6. The van der Waals surface area contributed by atoms with E-state index in [-0.39, 0.29) is 6.61 Å². The van der Waals surface area contributed by atoms with Crippen molar-refractivity contribution in [1.82, 2.24) is 0 Å². The highest BCUT2D eigenvalue weighted by atomic mass is 16.4. The van der Waals surface area contributed by atoms with Gasteiger partial charge in [-0.05, 0) is 6.42 Å². The van der Waals surface area contributed by atoms with E-state index in [0.29, 0.717) is 6.08 Å². The molecule has 1 unspecified atom stereocenters. The predicted molar refractivity (Wildman–Crippen MR) is 87.3 cm³/mol. The summed E-state index contributed by atoms with van der Waals surface area (Å²) < 4.78 is 0. The fraction of sp³-hybridized carbons (Fsp3) is 0.706. The van der Waals surface area contributed by atoms with Crippen LogP contribution >= 0.6 is 0 Å². The third-order valence-electron chi connectivity index (χ3n) is 3.11. The van der Waals surface area contributed by atoms with E-state index in [1.165, 1.54) is 57.1 Å². The Kier molecular flexibility index (Phi) is 18.5. The number of nitrogens with zero attached hydrogens (tertiary/aromatic N) is 2. The summed E-state index contributed by atoms with van der Waals surface area (Å²) in [6, 6.07) is 2.80. The second-order valence-electron chi connectivity index (χ2n) is 5.22. The highest BCUT2D eigenvalue weighted by Gasteiger charge is 2.00. The first-order valence-electron chi connectivity index (χ1n) is 8.05. The summed E-state index contributed by atoms with van der Waals surface area (Å²) in [7, 11) is 0. The quantitative estimate of drug-likeness (QED) is 0.305. The van der Waals surface area contributed by atoms with Crippen LogP contribution in [0.25, 0.3) is 0 Å². The number of nitriles is 2. The molecule has 0 heterocycles. The van der Waals surface area contributed by atoms with Crippen LogP contribution in [0.4, 0.5) is 0 Å². The van der Waals surface area contributed by atoms with Gasteiger partial charge in [0, 0.05) is 0 Å². The molecular weight excluding hydrogens is 296 g/mol. The largest absolute Gasteiger partial charge is 0.478 e. The Bertz CT molecular complexity index is 392. The number of hydrogen-bond acceptors (Lipinski definition) is 5. The molecular formula is C17H28N2O4. The van der Waals surface area contributed by atoms with Crippen LogP contribution in [0.5, 0.6) is 0 Å². The zero-order chi connectivity index (χ0) is 17.9. The van der Waals surface area contributed by atoms with Crippen molar-refractivity contribution < 1.29 is 20.1 Å². The van der Waals surface area contributed by atoms with Gasteiger partial charge < -0.3 is 15.3 Å². The molecule has 1 atom stereocenters. The molecule has 0 aliphatic heterocycles. The minimum absolute atomic E-state index is 0.0868. The number of hydrogen-bond donors (Lipinski definition) is 3. The number of unbranched alkanes of at least 4 members (excludes halogenated alkanes) is 7. The maximum atomic E-state index is 9.75. The van der Waals surface area contributed by atoms with Crippen LogP contribution in [-0.2, 0) is 4.79 Å². The molecule has 0 aromatic carbocycles. The number of carboxylic acids is 1. The molecule has 0 aliphatic carbocycles. The molecule has 0 aromatic rings. The maximum Gasteiger partial charge on any atom is 0.330 e. The van der Waals surface area contributed by atoms with Gasteiger partial charge in [-0.3, -0.25) is 0 Å². The number of carbonyl (C=O) groups is 1. The Morgan fingerprint density at radius 2 is 1.52 bits per heavy atom. The molecule has 0 saturated heterocycles. The van der Waals surface area contributed by atoms with Gasteiger partial charge in [-0.25, -0.2) is 4.79 Å². The van der Waals surface area contributed by atoms with Crippen LogP contribution in [0.2, 0.25) is 0 Å². The van der Waals surface area contributed by atoms with Crippen molar-refractivity contribution in [2.75, 3.05) is 6.61 Å². The zero-order valence-electron chi connectivity index (χ0n) is 13.9. The molecule has 6 heteroatoms. The summed E-state index contributed by atoms with van der Waals surface area (Å²) in [6.07, 6.45) is 11.1. The summed E-state index contributed by atoms with van der Waals surface area (Å²) in [5.74, 6) is -1.28. The molecule has 0 amide bonds. The molecule has 0 radical (unpaired) electrons. The fourth-order valence-electron chi connectivity index (χ4n) is 1.82. The van der Waals surface area contributed by atoms with Crippen molar-refractivity contribution in [3.05, 3.63) is 11.6 Å². The second kappa shape index (κ2) is 18.2. The first-order chi connectivity index (χ1) is 11.0. The number of carboxylic acid groups (broad SMARTS) is 1. The normalized spacial score (nSPS) is 10.5. The lowest BCUT2D eigenvalue weighted by Gasteiger charge is -2.06. The monoisotopic (exact) mass is 324 g/mol. The van der Waals surface area contributed by atoms with Gasteiger partial charge >= 0.3 is 5.97 Å². The van der Waals surface area contributed by atoms with Gasteiger partial charge in [0.15, 0.2) is 0 Å². The number of allylic oxidation sites excluding steroid dienone is 1. The topological polar surface area (TPSA) is 125 Å². The Balaban J connectivity index is 0. The summed E-state index contributed by atoms with van der Waals surface area (Å²) in [5.41, 5.74) is -0.400. The van der Waals surface area contributed by atoms with Gasteiger partial charge in [0.05, 0.1) is 18.8 Å². The van der Waals surface area contributed by atoms with Crippen LogP contribution in [0.1, 0.15) is 64.7 Å². The number of aliphatic carboxylic acids is 1. The number of aliphatic hydroxyl groups excluding tert-OH is 2. The van der Waals surface area contributed by atoms with E-state index in [0.717, 1.165) is 12.8 Å². The van der Waals surface area contributed by atoms with Crippen LogP contribution in [0, 0.1) is 22.7 Å². The summed E-state index contributed by atoms with van der Waals surface area (Å²) in [4.78, 5) is 9.75. The summed E-state index contributed by atoms with van der Waals surface area (Å²) in [6.45, 7) is 2.15. The Labute approximate surface area is 138 Å². The van der Waals surface area contributed by atoms with Crippen LogP contribution < -0.4 is 0 Å². The lowest BCUT2D eigenvalue weighted by atomic mass is 10.1. The lowest BCUT2D eigenvalue weighted by molar-refractivity contribution is -0.131. The molecule has 0 saturated carbocycles. The van der Waals surface area contributed by atoms with Crippen LogP contribution in [0.15, 0.2) is 11.6 Å². The van der Waals surface area contributed by atoms with Crippen molar-refractivity contribution in [1.29, 1.82) is 10.5 Å². The molecule has 0 aliphatic rings. The van der Waals surface area contributed by atoms with Gasteiger partial charge in [0.1, 0.15) is 17.7 Å². The molecule has 0 aromatic heterocycles. The van der Waals surface area contributed by atoms with E-state index in [2.05, 4.69) is 6.92 Å². The predicted octanol–water partition coefficient (Wildman–Crippen LogP) is 2.91. The smallest absolute Gasteiger partial charge is 0.330 e. The molecule has 0 rings (SSSR count). The van der Waals surface area contributed by atoms with E-state index >= 15 is 0 Å². The van der Waals surface area contributed by atoms with E-state index in [4.69, 9.17) is 25.8 Å². The minimum atomic E-state index is -1.28. The van der Waals surface area contributed by atoms with Gasteiger partial charge in [0.2, 0.25) is 0 Å². The Morgan fingerprint density at radius 1 is 1.04 bits per heavy atom. The van der Waals surface area contributed by atoms with Crippen molar-refractivity contribution in [2.45, 2.75) is 70.8 Å². The fourth-order valence-corrected chi connectivity index (χ4v) is 1.82. The standard InChI is InChI=1S/C12H26O2.C5H2N2O2/c1-2-3-4-5-6-7-8-9-10-12(14)11-13;6-2-4(3-7)1-5(8)9/h12-14H,2-11H2,1H3;1H,(H,8,9). The van der Waals surface area contributed by atoms with E-state index < -0.39 is 17.6 Å². The van der Waals surface area contributed by atoms with Crippen molar-refractivity contribution in [3.63, 3.8) is 0 Å². The first kappa shape index (κ1) is 23.4. The molecule has 0 fully saturated rings. The zero-order valence-corrected chi connectivity index (χ0v) is 13.9. The summed E-state index contributed by atoms with van der Waals surface area (Å²) >= 11 is 0. The lowest BCUT2D eigenvalue weighted by Crippen LogP contribution is -2.10. The Hall–Kier alpha value is -1.89. The number of aliphatic hydroxyl groups is 2. The minimum Gasteiger partial charge on any atom is -0.478 e. The first-order valence-corrected chi connectivity index (χ1v) is 8.05. The van der Waals surface area contributed by atoms with Gasteiger partial charge in [-0.2, -0.15) is 10.5 Å². The van der Waals surface area contributed by atoms with E-state index in [1.54, 1.807) is 0 Å². The van der Waals surface area contributed by atoms with Gasteiger partial charge in [0.25, 0.3) is 0 Å². The number of rotatable bonds is 11. The highest BCUT2D eigenvalue weighted by molar-refractivity contribution is 5.82. The van der Waals surface area contributed by atoms with Gasteiger partial charge in [-0.15, -0.1) is 0 Å². The molecule has 6 nitrogen and oxygen atoms in total. The average Bonchev–Trinajstić information content (AvgIpc) is 2.55. The molecule has 3 N–H and O–H groups in total. The van der Waals surface area contributed by atoms with E-state index in [9.17, 15) is 4.79 Å². The maximum absolute atomic E-state index is 9.75. The van der Waals surface area contributed by atoms with Crippen LogP contribution in [0.3, 0.4) is 0 Å². The van der Waals surface area contributed by atoms with Crippen LogP contribution in [-0.4, -0.2) is 34.0 Å². The molecule has 0 spiro atoms. The SMILES string of the molecule is CCCCCCCCCCC(O)CO.N#CC(C#N)=CC(=O)O. The van der Waals surface area contributed by atoms with Gasteiger partial charge in [-0.1, -0.05) is 58.3 Å². The van der Waals surface area contributed by atoms with E-state index in [1.807, 2.05) is 0 Å². The van der Waals surface area contributed by atoms with Crippen molar-refractivity contribution >= 4 is 5.97 Å². The highest BCUT2D eigenvalue weighted by Crippen LogP contribution is 2.10. The second-order valence-corrected chi connectivity index (χ2v) is 5.22. The average molecular weight is 324 g/mol. The van der Waals surface area contributed by atoms with Crippen molar-refractivity contribution in [3.8, 4) is 12.1 Å². The molecule has 0 bridgehead atoms. The Morgan fingerprint density at radius 3 is 1.87 bits per heavy atom. The third-order valence-corrected chi connectivity index (χ3v) is 3.11.